The molecule has 0 aromatic carbocycles. The van der Waals surface area contributed by atoms with Gasteiger partial charge in [0.15, 0.2) is 5.65 Å². The molecule has 0 saturated carbocycles. The number of nitrogen functional groups attached to an aromatic ring is 1. The van der Waals surface area contributed by atoms with Gasteiger partial charge in [0.2, 0.25) is 5.95 Å². The van der Waals surface area contributed by atoms with Crippen molar-refractivity contribution in [3.63, 3.8) is 0 Å². The molecule has 0 spiro atoms. The van der Waals surface area contributed by atoms with Crippen LogP contribution in [0.15, 0.2) is 12.5 Å². The molecule has 2 aromatic heterocycles. The van der Waals surface area contributed by atoms with Gasteiger partial charge in [-0.25, -0.2) is 9.97 Å². The highest BCUT2D eigenvalue weighted by Gasteiger charge is 2.15. The molecule has 7 heteroatoms. The molecule has 0 aliphatic rings. The quantitative estimate of drug-likeness (QED) is 0.784. The Bertz CT molecular complexity index is 547. The van der Waals surface area contributed by atoms with Crippen LogP contribution < -0.4 is 11.1 Å². The lowest BCUT2D eigenvalue weighted by Crippen LogP contribution is -2.27. The zero-order chi connectivity index (χ0) is 12.4. The van der Waals surface area contributed by atoms with Crippen LogP contribution in [0.3, 0.4) is 0 Å². The molecule has 2 rings (SSSR count). The van der Waals surface area contributed by atoms with Crippen molar-refractivity contribution < 1.29 is 4.79 Å². The normalized spacial score (nSPS) is 11.0. The van der Waals surface area contributed by atoms with Crippen molar-refractivity contribution in [2.75, 3.05) is 12.3 Å². The molecule has 0 bridgehead atoms. The van der Waals surface area contributed by atoms with Gasteiger partial charge in [0.1, 0.15) is 11.9 Å². The Morgan fingerprint density at radius 1 is 1.53 bits per heavy atom. The molecule has 7 nitrogen and oxygen atoms in total. The van der Waals surface area contributed by atoms with Gasteiger partial charge < -0.3 is 11.1 Å². The Morgan fingerprint density at radius 3 is 3.00 bits per heavy atom. The van der Waals surface area contributed by atoms with Gasteiger partial charge in [-0.3, -0.25) is 4.79 Å². The number of anilines is 1. The van der Waals surface area contributed by atoms with Crippen LogP contribution in [0.25, 0.3) is 5.65 Å². The number of hydrogen-bond acceptors (Lipinski definition) is 5. The van der Waals surface area contributed by atoms with E-state index >= 15 is 0 Å². The van der Waals surface area contributed by atoms with Crippen molar-refractivity contribution in [3.8, 4) is 0 Å². The predicted molar refractivity (Wildman–Crippen MR) is 62.4 cm³/mol. The van der Waals surface area contributed by atoms with Crippen LogP contribution in [0.2, 0.25) is 0 Å². The summed E-state index contributed by atoms with van der Waals surface area (Å²) in [5.74, 6) is 0.394. The second-order valence-electron chi connectivity index (χ2n) is 4.13. The summed E-state index contributed by atoms with van der Waals surface area (Å²) in [5, 5.41) is 6.77. The van der Waals surface area contributed by atoms with Crippen LogP contribution in [0.4, 0.5) is 5.95 Å². The fourth-order valence-electron chi connectivity index (χ4n) is 1.38. The third-order valence-electron chi connectivity index (χ3n) is 2.25. The van der Waals surface area contributed by atoms with Crippen molar-refractivity contribution >= 4 is 17.5 Å². The maximum Gasteiger partial charge on any atom is 0.256 e. The molecule has 0 aliphatic heterocycles. The summed E-state index contributed by atoms with van der Waals surface area (Å²) in [6, 6.07) is 0. The van der Waals surface area contributed by atoms with Crippen LogP contribution in [0.1, 0.15) is 24.2 Å². The molecule has 0 unspecified atom stereocenters. The first-order valence-electron chi connectivity index (χ1n) is 5.32. The second-order valence-corrected chi connectivity index (χ2v) is 4.13. The third kappa shape index (κ3) is 2.17. The van der Waals surface area contributed by atoms with E-state index in [1.54, 1.807) is 0 Å². The number of fused-ring (bicyclic) bond motifs is 1. The highest BCUT2D eigenvalue weighted by molar-refractivity contribution is 5.99. The highest BCUT2D eigenvalue weighted by Crippen LogP contribution is 2.09. The van der Waals surface area contributed by atoms with Crippen molar-refractivity contribution in [2.45, 2.75) is 13.8 Å². The monoisotopic (exact) mass is 234 g/mol. The minimum absolute atomic E-state index is 0.202. The zero-order valence-electron chi connectivity index (χ0n) is 9.71. The summed E-state index contributed by atoms with van der Waals surface area (Å²) < 4.78 is 1.34. The highest BCUT2D eigenvalue weighted by atomic mass is 16.1. The fraction of sp³-hybridized carbons (Fsp3) is 0.400. The summed E-state index contributed by atoms with van der Waals surface area (Å²) in [6.07, 6.45) is 2.75. The minimum Gasteiger partial charge on any atom is -0.368 e. The van der Waals surface area contributed by atoms with E-state index in [9.17, 15) is 4.79 Å². The summed E-state index contributed by atoms with van der Waals surface area (Å²) in [5.41, 5.74) is 6.43. The number of rotatable bonds is 3. The first-order valence-corrected chi connectivity index (χ1v) is 5.32. The number of carbonyl (C=O) groups excluding carboxylic acids is 1. The molecular formula is C10H14N6O. The Kier molecular flexibility index (Phi) is 2.90. The second kappa shape index (κ2) is 4.36. The van der Waals surface area contributed by atoms with Crippen LogP contribution >= 0.6 is 0 Å². The molecule has 2 heterocycles. The van der Waals surface area contributed by atoms with Gasteiger partial charge in [0.25, 0.3) is 5.91 Å². The van der Waals surface area contributed by atoms with Crippen LogP contribution in [0.5, 0.6) is 0 Å². The largest absolute Gasteiger partial charge is 0.368 e. The number of hydrogen-bond donors (Lipinski definition) is 2. The van der Waals surface area contributed by atoms with Crippen molar-refractivity contribution in [1.29, 1.82) is 0 Å². The molecule has 0 radical (unpaired) electrons. The number of amides is 1. The van der Waals surface area contributed by atoms with Gasteiger partial charge in [-0.15, -0.1) is 0 Å². The summed E-state index contributed by atoms with van der Waals surface area (Å²) in [4.78, 5) is 19.7. The van der Waals surface area contributed by atoms with Crippen LogP contribution in [-0.2, 0) is 0 Å². The first kappa shape index (κ1) is 11.3. The Balaban J connectivity index is 2.30. The SMILES string of the molecule is CC(C)CNC(=O)c1cnn2c(N)ncnc12. The molecule has 0 saturated heterocycles. The van der Waals surface area contributed by atoms with E-state index in [4.69, 9.17) is 5.73 Å². The van der Waals surface area contributed by atoms with E-state index in [1.807, 2.05) is 13.8 Å². The summed E-state index contributed by atoms with van der Waals surface area (Å²) >= 11 is 0. The molecule has 1 amide bonds. The van der Waals surface area contributed by atoms with Gasteiger partial charge in [0.05, 0.1) is 6.20 Å². The third-order valence-corrected chi connectivity index (χ3v) is 2.25. The lowest BCUT2D eigenvalue weighted by Gasteiger charge is -2.06. The lowest BCUT2D eigenvalue weighted by atomic mass is 10.2. The van der Waals surface area contributed by atoms with Gasteiger partial charge in [-0.2, -0.15) is 9.61 Å². The average molecular weight is 234 g/mol. The number of nitrogens with one attached hydrogen (secondary N) is 1. The first-order chi connectivity index (χ1) is 8.09. The van der Waals surface area contributed by atoms with E-state index in [0.29, 0.717) is 23.7 Å². The molecule has 90 valence electrons. The van der Waals surface area contributed by atoms with Gasteiger partial charge in [-0.1, -0.05) is 13.8 Å². The Morgan fingerprint density at radius 2 is 2.29 bits per heavy atom. The predicted octanol–water partition coefficient (Wildman–Crippen LogP) is 0.0923. The molecular weight excluding hydrogens is 220 g/mol. The number of aromatic nitrogens is 4. The fourth-order valence-corrected chi connectivity index (χ4v) is 1.38. The van der Waals surface area contributed by atoms with Crippen molar-refractivity contribution in [1.82, 2.24) is 24.9 Å². The number of carbonyl (C=O) groups is 1. The van der Waals surface area contributed by atoms with Gasteiger partial charge >= 0.3 is 0 Å². The number of nitrogens with two attached hydrogens (primary N) is 1. The van der Waals surface area contributed by atoms with Crippen LogP contribution in [-0.4, -0.2) is 32.0 Å². The summed E-state index contributed by atoms with van der Waals surface area (Å²) in [7, 11) is 0. The minimum atomic E-state index is -0.202. The van der Waals surface area contributed by atoms with Crippen molar-refractivity contribution in [3.05, 3.63) is 18.1 Å². The van der Waals surface area contributed by atoms with E-state index in [2.05, 4.69) is 20.4 Å². The molecule has 0 atom stereocenters. The maximum atomic E-state index is 11.9. The van der Waals surface area contributed by atoms with E-state index < -0.39 is 0 Å². The standard InChI is InChI=1S/C10H14N6O/c1-6(2)3-12-9(17)7-4-15-16-8(7)13-5-14-10(16)11/h4-6H,3H2,1-2H3,(H,12,17)(H2,11,13,14). The zero-order valence-corrected chi connectivity index (χ0v) is 9.71. The lowest BCUT2D eigenvalue weighted by molar-refractivity contribution is 0.0950. The van der Waals surface area contributed by atoms with Crippen molar-refractivity contribution in [2.24, 2.45) is 5.92 Å². The molecule has 17 heavy (non-hydrogen) atoms. The maximum absolute atomic E-state index is 11.9. The topological polar surface area (TPSA) is 98.2 Å². The average Bonchev–Trinajstić information content (AvgIpc) is 2.71. The van der Waals surface area contributed by atoms with E-state index in [-0.39, 0.29) is 11.9 Å². The number of nitrogens with zero attached hydrogens (tertiary/aromatic N) is 4. The smallest absolute Gasteiger partial charge is 0.256 e. The van der Waals surface area contributed by atoms with Gasteiger partial charge in [0, 0.05) is 6.54 Å². The summed E-state index contributed by atoms with van der Waals surface area (Å²) in [6.45, 7) is 4.66. The van der Waals surface area contributed by atoms with Gasteiger partial charge in [-0.05, 0) is 5.92 Å². The molecule has 2 aromatic rings. The molecule has 0 fully saturated rings. The van der Waals surface area contributed by atoms with E-state index in [0.717, 1.165) is 0 Å². The Hall–Kier alpha value is -2.18. The molecule has 3 N–H and O–H groups in total. The Labute approximate surface area is 98.1 Å². The molecule has 0 aliphatic carbocycles. The van der Waals surface area contributed by atoms with Crippen LogP contribution in [0, 0.1) is 5.92 Å². The van der Waals surface area contributed by atoms with E-state index in [1.165, 1.54) is 17.0 Å².